The van der Waals surface area contributed by atoms with Gasteiger partial charge >= 0.3 is 0 Å². The Kier molecular flexibility index (Phi) is 4.26. The maximum atomic E-state index is 6.28. The SMILES string of the molecule is Clc1ccc(CN2CCN(c3nccn4cnnc34)CC2)c(Cl)c1. The van der Waals surface area contributed by atoms with Gasteiger partial charge in [-0.15, -0.1) is 10.2 Å². The molecule has 8 heteroatoms. The number of hydrogen-bond donors (Lipinski definition) is 0. The van der Waals surface area contributed by atoms with Crippen molar-refractivity contribution in [1.29, 1.82) is 0 Å². The Labute approximate surface area is 149 Å². The molecular formula is C16H16Cl2N6. The van der Waals surface area contributed by atoms with Crippen molar-refractivity contribution in [2.24, 2.45) is 0 Å². The molecule has 0 bridgehead atoms. The second kappa shape index (κ2) is 6.55. The van der Waals surface area contributed by atoms with Crippen LogP contribution in [0.2, 0.25) is 10.0 Å². The van der Waals surface area contributed by atoms with E-state index in [-0.39, 0.29) is 0 Å². The molecule has 0 N–H and O–H groups in total. The first kappa shape index (κ1) is 15.6. The lowest BCUT2D eigenvalue weighted by molar-refractivity contribution is 0.249. The predicted molar refractivity (Wildman–Crippen MR) is 94.7 cm³/mol. The molecule has 0 aliphatic carbocycles. The first-order valence-electron chi connectivity index (χ1n) is 7.76. The van der Waals surface area contributed by atoms with Crippen molar-refractivity contribution >= 4 is 34.7 Å². The van der Waals surface area contributed by atoms with Crippen LogP contribution in [0.3, 0.4) is 0 Å². The summed E-state index contributed by atoms with van der Waals surface area (Å²) in [5, 5.41) is 9.51. The highest BCUT2D eigenvalue weighted by molar-refractivity contribution is 6.35. The van der Waals surface area contributed by atoms with Crippen molar-refractivity contribution in [3.8, 4) is 0 Å². The molecule has 4 rings (SSSR count). The highest BCUT2D eigenvalue weighted by atomic mass is 35.5. The molecule has 24 heavy (non-hydrogen) atoms. The second-order valence-corrected chi connectivity index (χ2v) is 6.66. The number of rotatable bonds is 3. The van der Waals surface area contributed by atoms with Crippen molar-refractivity contribution in [3.05, 3.63) is 52.5 Å². The Morgan fingerprint density at radius 1 is 1.08 bits per heavy atom. The smallest absolute Gasteiger partial charge is 0.203 e. The molecule has 1 fully saturated rings. The van der Waals surface area contributed by atoms with Gasteiger partial charge < -0.3 is 4.90 Å². The summed E-state index contributed by atoms with van der Waals surface area (Å²) < 4.78 is 1.89. The van der Waals surface area contributed by atoms with Crippen molar-refractivity contribution in [1.82, 2.24) is 24.5 Å². The van der Waals surface area contributed by atoms with Gasteiger partial charge in [0.15, 0.2) is 5.82 Å². The molecule has 0 radical (unpaired) electrons. The fourth-order valence-electron chi connectivity index (χ4n) is 2.98. The van der Waals surface area contributed by atoms with Crippen molar-refractivity contribution in [2.75, 3.05) is 31.1 Å². The third kappa shape index (κ3) is 3.05. The molecule has 0 amide bonds. The Hall–Kier alpha value is -1.89. The molecule has 1 saturated heterocycles. The molecule has 6 nitrogen and oxygen atoms in total. The molecule has 0 atom stereocenters. The standard InChI is InChI=1S/C16H16Cl2N6/c17-13-2-1-12(14(18)9-13)10-22-5-7-23(8-6-22)15-16-21-20-11-24(16)4-3-19-15/h1-4,9,11H,5-8,10H2. The molecular weight excluding hydrogens is 347 g/mol. The Bertz CT molecular complexity index is 857. The topological polar surface area (TPSA) is 49.6 Å². The molecule has 0 spiro atoms. The third-order valence-corrected chi connectivity index (χ3v) is 4.86. The largest absolute Gasteiger partial charge is 0.351 e. The van der Waals surface area contributed by atoms with E-state index in [0.717, 1.165) is 54.8 Å². The van der Waals surface area contributed by atoms with E-state index in [1.807, 2.05) is 22.7 Å². The van der Waals surface area contributed by atoms with Crippen molar-refractivity contribution in [3.63, 3.8) is 0 Å². The molecule has 0 saturated carbocycles. The highest BCUT2D eigenvalue weighted by Crippen LogP contribution is 2.23. The minimum absolute atomic E-state index is 0.668. The molecule has 0 unspecified atom stereocenters. The third-order valence-electron chi connectivity index (χ3n) is 4.28. The van der Waals surface area contributed by atoms with E-state index in [0.29, 0.717) is 5.02 Å². The van der Waals surface area contributed by atoms with E-state index < -0.39 is 0 Å². The van der Waals surface area contributed by atoms with Crippen LogP contribution >= 0.6 is 23.2 Å². The Morgan fingerprint density at radius 2 is 1.92 bits per heavy atom. The average Bonchev–Trinajstić information content (AvgIpc) is 3.07. The monoisotopic (exact) mass is 362 g/mol. The van der Waals surface area contributed by atoms with Gasteiger partial charge in [-0.2, -0.15) is 0 Å². The van der Waals surface area contributed by atoms with Crippen molar-refractivity contribution < 1.29 is 0 Å². The Morgan fingerprint density at radius 3 is 2.71 bits per heavy atom. The first-order chi connectivity index (χ1) is 11.7. The summed E-state index contributed by atoms with van der Waals surface area (Å²) in [6.45, 7) is 4.49. The lowest BCUT2D eigenvalue weighted by atomic mass is 10.2. The lowest BCUT2D eigenvalue weighted by Crippen LogP contribution is -2.46. The summed E-state index contributed by atoms with van der Waals surface area (Å²) >= 11 is 12.2. The number of halogens is 2. The van der Waals surface area contributed by atoms with Crippen LogP contribution in [0.1, 0.15) is 5.56 Å². The van der Waals surface area contributed by atoms with Gasteiger partial charge in [0.05, 0.1) is 0 Å². The minimum atomic E-state index is 0.668. The summed E-state index contributed by atoms with van der Waals surface area (Å²) in [6.07, 6.45) is 5.34. The van der Waals surface area contributed by atoms with Gasteiger partial charge in [0.1, 0.15) is 6.33 Å². The highest BCUT2D eigenvalue weighted by Gasteiger charge is 2.21. The first-order valence-corrected chi connectivity index (χ1v) is 8.52. The fourth-order valence-corrected chi connectivity index (χ4v) is 3.45. The molecule has 1 aromatic carbocycles. The van der Waals surface area contributed by atoms with E-state index in [2.05, 4.69) is 25.0 Å². The number of aromatic nitrogens is 4. The quantitative estimate of drug-likeness (QED) is 0.716. The molecule has 2 aromatic heterocycles. The number of piperazine rings is 1. The van der Waals surface area contributed by atoms with Crippen LogP contribution in [-0.2, 0) is 6.54 Å². The maximum Gasteiger partial charge on any atom is 0.203 e. The second-order valence-electron chi connectivity index (χ2n) is 5.81. The van der Waals surface area contributed by atoms with E-state index in [4.69, 9.17) is 23.2 Å². The van der Waals surface area contributed by atoms with Gasteiger partial charge in [0.2, 0.25) is 5.65 Å². The van der Waals surface area contributed by atoms with Crippen LogP contribution in [0.15, 0.2) is 36.9 Å². The van der Waals surface area contributed by atoms with Crippen molar-refractivity contribution in [2.45, 2.75) is 6.54 Å². The average molecular weight is 363 g/mol. The summed E-state index contributed by atoms with van der Waals surface area (Å²) in [4.78, 5) is 9.12. The zero-order valence-electron chi connectivity index (χ0n) is 12.9. The van der Waals surface area contributed by atoms with Gasteiger partial charge in [0.25, 0.3) is 0 Å². The Balaban J connectivity index is 1.44. The number of nitrogens with zero attached hydrogens (tertiary/aromatic N) is 6. The summed E-state index contributed by atoms with van der Waals surface area (Å²) in [7, 11) is 0. The lowest BCUT2D eigenvalue weighted by Gasteiger charge is -2.35. The van der Waals surface area contributed by atoms with Gasteiger partial charge in [-0.1, -0.05) is 29.3 Å². The van der Waals surface area contributed by atoms with Crippen LogP contribution < -0.4 is 4.90 Å². The summed E-state index contributed by atoms with van der Waals surface area (Å²) in [6, 6.07) is 5.68. The number of hydrogen-bond acceptors (Lipinski definition) is 5. The molecule has 3 heterocycles. The van der Waals surface area contributed by atoms with Gasteiger partial charge in [-0.05, 0) is 17.7 Å². The van der Waals surface area contributed by atoms with E-state index in [9.17, 15) is 0 Å². The number of benzene rings is 1. The maximum absolute atomic E-state index is 6.28. The van der Waals surface area contributed by atoms with Gasteiger partial charge in [-0.25, -0.2) is 4.98 Å². The minimum Gasteiger partial charge on any atom is -0.351 e. The van der Waals surface area contributed by atoms with Crippen LogP contribution in [0.5, 0.6) is 0 Å². The molecule has 124 valence electrons. The number of anilines is 1. The van der Waals surface area contributed by atoms with Crippen LogP contribution in [0.25, 0.3) is 5.65 Å². The van der Waals surface area contributed by atoms with Crippen LogP contribution in [-0.4, -0.2) is 50.7 Å². The fraction of sp³-hybridized carbons (Fsp3) is 0.312. The van der Waals surface area contributed by atoms with Crippen LogP contribution in [0.4, 0.5) is 5.82 Å². The number of fused-ring (bicyclic) bond motifs is 1. The van der Waals surface area contributed by atoms with E-state index >= 15 is 0 Å². The van der Waals surface area contributed by atoms with Crippen LogP contribution in [0, 0.1) is 0 Å². The zero-order chi connectivity index (χ0) is 16.5. The summed E-state index contributed by atoms with van der Waals surface area (Å²) in [5.74, 6) is 0.888. The molecule has 1 aliphatic heterocycles. The molecule has 3 aromatic rings. The van der Waals surface area contributed by atoms with E-state index in [1.165, 1.54) is 0 Å². The van der Waals surface area contributed by atoms with Gasteiger partial charge in [0, 0.05) is 55.2 Å². The molecule has 1 aliphatic rings. The summed E-state index contributed by atoms with van der Waals surface area (Å²) in [5.41, 5.74) is 1.90. The van der Waals surface area contributed by atoms with E-state index in [1.54, 1.807) is 18.6 Å². The van der Waals surface area contributed by atoms with Gasteiger partial charge in [-0.3, -0.25) is 9.30 Å². The zero-order valence-corrected chi connectivity index (χ0v) is 14.5. The normalized spacial score (nSPS) is 16.0. The predicted octanol–water partition coefficient (Wildman–Crippen LogP) is 2.75.